The van der Waals surface area contributed by atoms with Gasteiger partial charge in [-0.2, -0.15) is 0 Å². The highest BCUT2D eigenvalue weighted by molar-refractivity contribution is 7.90. The van der Waals surface area contributed by atoms with Gasteiger partial charge in [-0.3, -0.25) is 14.5 Å². The Labute approximate surface area is 186 Å². The van der Waals surface area contributed by atoms with Gasteiger partial charge in [0, 0.05) is 11.9 Å². The number of hydrogen-bond acceptors (Lipinski definition) is 6. The molecular weight excluding hydrogens is 467 g/mol. The molecule has 0 radical (unpaired) electrons. The Morgan fingerprint density at radius 2 is 1.67 bits per heavy atom. The second-order valence-electron chi connectivity index (χ2n) is 7.36. The monoisotopic (exact) mass is 485 g/mol. The van der Waals surface area contributed by atoms with Gasteiger partial charge in [0.2, 0.25) is 5.91 Å². The molecule has 13 heteroatoms. The van der Waals surface area contributed by atoms with Crippen molar-refractivity contribution in [3.63, 3.8) is 0 Å². The molecule has 33 heavy (non-hydrogen) atoms. The van der Waals surface area contributed by atoms with E-state index in [0.717, 1.165) is 18.4 Å². The van der Waals surface area contributed by atoms with E-state index in [1.807, 2.05) is 0 Å². The molecule has 1 saturated heterocycles. The number of imide groups is 1. The lowest BCUT2D eigenvalue weighted by atomic mass is 9.92. The van der Waals surface area contributed by atoms with Crippen LogP contribution in [0.1, 0.15) is 12.5 Å². The van der Waals surface area contributed by atoms with Crippen molar-refractivity contribution >= 4 is 33.4 Å². The number of ether oxygens (including phenoxy) is 1. The van der Waals surface area contributed by atoms with Crippen LogP contribution < -0.4 is 15.4 Å². The summed E-state index contributed by atoms with van der Waals surface area (Å²) in [6.45, 7) is 0.720. The Morgan fingerprint density at radius 3 is 2.18 bits per heavy atom. The number of carbonyl (C=O) groups is 3. The van der Waals surface area contributed by atoms with Crippen LogP contribution in [0, 0.1) is 0 Å². The fraction of sp³-hybridized carbons (Fsp3) is 0.250. The summed E-state index contributed by atoms with van der Waals surface area (Å²) in [5.41, 5.74) is -1.16. The molecule has 1 fully saturated rings. The topological polar surface area (TPSA) is 122 Å². The van der Waals surface area contributed by atoms with E-state index in [4.69, 9.17) is 0 Å². The van der Waals surface area contributed by atoms with E-state index in [1.165, 1.54) is 43.3 Å². The second-order valence-corrected chi connectivity index (χ2v) is 9.38. The molecule has 0 aromatic heterocycles. The summed E-state index contributed by atoms with van der Waals surface area (Å²) in [7, 11) is -3.41. The van der Waals surface area contributed by atoms with Gasteiger partial charge in [0.25, 0.3) is 5.91 Å². The average molecular weight is 485 g/mol. The second kappa shape index (κ2) is 8.39. The summed E-state index contributed by atoms with van der Waals surface area (Å²) in [6, 6.07) is 8.85. The number of amides is 4. The van der Waals surface area contributed by atoms with Gasteiger partial charge in [0.1, 0.15) is 17.8 Å². The summed E-state index contributed by atoms with van der Waals surface area (Å²) in [5.74, 6) is -1.99. The number of hydrogen-bond donors (Lipinski definition) is 2. The van der Waals surface area contributed by atoms with E-state index in [9.17, 15) is 36.0 Å². The van der Waals surface area contributed by atoms with Gasteiger partial charge in [-0.25, -0.2) is 13.2 Å². The molecule has 9 nitrogen and oxygen atoms in total. The molecule has 1 aliphatic heterocycles. The first kappa shape index (κ1) is 24.0. The molecule has 176 valence electrons. The molecule has 2 aromatic rings. The van der Waals surface area contributed by atoms with Crippen LogP contribution in [0.4, 0.5) is 23.7 Å². The summed E-state index contributed by atoms with van der Waals surface area (Å²) < 4.78 is 63.8. The third-order valence-electron chi connectivity index (χ3n) is 4.81. The molecule has 2 aromatic carbocycles. The number of halogens is 3. The van der Waals surface area contributed by atoms with Gasteiger partial charge in [0.15, 0.2) is 9.84 Å². The molecule has 0 spiro atoms. The fourth-order valence-corrected chi connectivity index (χ4v) is 3.79. The number of anilines is 1. The van der Waals surface area contributed by atoms with Gasteiger partial charge in [-0.05, 0) is 48.9 Å². The van der Waals surface area contributed by atoms with Gasteiger partial charge < -0.3 is 15.4 Å². The molecule has 0 bridgehead atoms. The zero-order chi connectivity index (χ0) is 24.6. The van der Waals surface area contributed by atoms with Crippen molar-refractivity contribution in [3.05, 3.63) is 54.1 Å². The smallest absolute Gasteiger partial charge is 0.406 e. The summed E-state index contributed by atoms with van der Waals surface area (Å²) in [4.78, 5) is 38.3. The van der Waals surface area contributed by atoms with Gasteiger partial charge in [-0.15, -0.1) is 13.2 Å². The molecule has 0 saturated carbocycles. The van der Waals surface area contributed by atoms with Crippen LogP contribution in [-0.2, 0) is 25.0 Å². The van der Waals surface area contributed by atoms with Crippen molar-refractivity contribution in [1.82, 2.24) is 10.2 Å². The Morgan fingerprint density at radius 1 is 1.09 bits per heavy atom. The average Bonchev–Trinajstić information content (AvgIpc) is 2.91. The van der Waals surface area contributed by atoms with Crippen molar-refractivity contribution < 1.29 is 40.7 Å². The Hall–Kier alpha value is -3.61. The zero-order valence-corrected chi connectivity index (χ0v) is 18.1. The van der Waals surface area contributed by atoms with Gasteiger partial charge >= 0.3 is 12.4 Å². The molecule has 0 aliphatic carbocycles. The first-order chi connectivity index (χ1) is 15.2. The third kappa shape index (κ3) is 5.42. The van der Waals surface area contributed by atoms with Crippen LogP contribution in [0.3, 0.4) is 0 Å². The minimum atomic E-state index is -4.88. The van der Waals surface area contributed by atoms with E-state index in [1.54, 1.807) is 0 Å². The number of carbonyl (C=O) groups excluding carboxylic acids is 3. The Balaban J connectivity index is 1.70. The molecular formula is C20H18F3N3O6S. The van der Waals surface area contributed by atoms with E-state index < -0.39 is 51.9 Å². The first-order valence-corrected chi connectivity index (χ1v) is 11.2. The Kier molecular flexibility index (Phi) is 6.11. The standard InChI is InChI=1S/C20H18F3N3O6S/c1-19(12-3-7-14(8-4-12)32-20(21,22)23)17(28)26(18(29)25-19)11-16(27)24-13-5-9-15(10-6-13)33(2,30)31/h3-10H,11H2,1-2H3,(H,24,27)(H,25,29). The number of alkyl halides is 3. The van der Waals surface area contributed by atoms with Crippen LogP contribution in [0.5, 0.6) is 5.75 Å². The van der Waals surface area contributed by atoms with Gasteiger partial charge in [0.05, 0.1) is 4.90 Å². The molecule has 3 rings (SSSR count). The number of nitrogens with zero attached hydrogens (tertiary/aromatic N) is 1. The minimum Gasteiger partial charge on any atom is -0.406 e. The van der Waals surface area contributed by atoms with E-state index in [2.05, 4.69) is 15.4 Å². The van der Waals surface area contributed by atoms with Crippen molar-refractivity contribution in [2.45, 2.75) is 23.7 Å². The van der Waals surface area contributed by atoms with Crippen LogP contribution in [0.25, 0.3) is 0 Å². The maximum Gasteiger partial charge on any atom is 0.573 e. The van der Waals surface area contributed by atoms with Crippen molar-refractivity contribution in [2.75, 3.05) is 18.1 Å². The predicted octanol–water partition coefficient (Wildman–Crippen LogP) is 2.39. The largest absolute Gasteiger partial charge is 0.573 e. The molecule has 4 amide bonds. The van der Waals surface area contributed by atoms with Crippen LogP contribution in [0.15, 0.2) is 53.4 Å². The minimum absolute atomic E-state index is 0.0528. The van der Waals surface area contributed by atoms with E-state index >= 15 is 0 Å². The molecule has 1 aliphatic rings. The lowest BCUT2D eigenvalue weighted by Crippen LogP contribution is -2.42. The van der Waals surface area contributed by atoms with Crippen LogP contribution >= 0.6 is 0 Å². The SMILES string of the molecule is CC1(c2ccc(OC(F)(F)F)cc2)NC(=O)N(CC(=O)Nc2ccc(S(C)(=O)=O)cc2)C1=O. The lowest BCUT2D eigenvalue weighted by Gasteiger charge is -2.22. The van der Waals surface area contributed by atoms with Crippen molar-refractivity contribution in [3.8, 4) is 5.75 Å². The maximum absolute atomic E-state index is 12.9. The molecule has 2 N–H and O–H groups in total. The predicted molar refractivity (Wildman–Crippen MR) is 109 cm³/mol. The van der Waals surface area contributed by atoms with Crippen molar-refractivity contribution in [1.29, 1.82) is 0 Å². The van der Waals surface area contributed by atoms with Crippen molar-refractivity contribution in [2.24, 2.45) is 0 Å². The van der Waals surface area contributed by atoms with Crippen LogP contribution in [0.2, 0.25) is 0 Å². The first-order valence-electron chi connectivity index (χ1n) is 9.29. The number of sulfone groups is 1. The summed E-state index contributed by atoms with van der Waals surface area (Å²) >= 11 is 0. The number of benzene rings is 2. The molecule has 1 unspecified atom stereocenters. The third-order valence-corrected chi connectivity index (χ3v) is 5.94. The van der Waals surface area contributed by atoms with E-state index in [-0.39, 0.29) is 16.1 Å². The number of nitrogens with one attached hydrogen (secondary N) is 2. The molecule has 1 heterocycles. The van der Waals surface area contributed by atoms with Crippen LogP contribution in [-0.4, -0.2) is 50.3 Å². The zero-order valence-electron chi connectivity index (χ0n) is 17.3. The van der Waals surface area contributed by atoms with Gasteiger partial charge in [-0.1, -0.05) is 12.1 Å². The highest BCUT2D eigenvalue weighted by Gasteiger charge is 2.49. The maximum atomic E-state index is 12.9. The highest BCUT2D eigenvalue weighted by Crippen LogP contribution is 2.31. The molecule has 1 atom stereocenters. The quantitative estimate of drug-likeness (QED) is 0.606. The summed E-state index contributed by atoms with van der Waals surface area (Å²) in [5, 5.41) is 4.89. The Bertz CT molecular complexity index is 1200. The number of rotatable bonds is 6. The normalized spacial score (nSPS) is 18.8. The number of urea groups is 1. The lowest BCUT2D eigenvalue weighted by molar-refractivity contribution is -0.274. The summed E-state index contributed by atoms with van der Waals surface area (Å²) in [6.07, 6.45) is -3.84. The van der Waals surface area contributed by atoms with E-state index in [0.29, 0.717) is 4.90 Å². The fourth-order valence-electron chi connectivity index (χ4n) is 3.16. The highest BCUT2D eigenvalue weighted by atomic mass is 32.2.